The van der Waals surface area contributed by atoms with Gasteiger partial charge in [0.25, 0.3) is 0 Å². The average molecular weight is 460 g/mol. The van der Waals surface area contributed by atoms with E-state index in [1.165, 1.54) is 27.9 Å². The van der Waals surface area contributed by atoms with Crippen LogP contribution < -0.4 is 11.4 Å². The van der Waals surface area contributed by atoms with E-state index in [2.05, 4.69) is 0 Å². The lowest BCUT2D eigenvalue weighted by molar-refractivity contribution is -0.161. The van der Waals surface area contributed by atoms with E-state index >= 15 is 0 Å². The summed E-state index contributed by atoms with van der Waals surface area (Å²) >= 11 is 11.0. The maximum absolute atomic E-state index is 14.6. The van der Waals surface area contributed by atoms with E-state index in [9.17, 15) is 23.6 Å². The standard InChI is InChI=1S/C18H19ClFN3O6S/c1-6-28-14(25)18(2,3)29-13(24)9-7-12(11(20)8-10(9)19)23-15(26)21(4)17(30)22(5)16(23)27/h7-8H,6H2,1-5H3. The molecule has 2 aromatic rings. The molecule has 12 heteroatoms. The molecule has 0 fully saturated rings. The van der Waals surface area contributed by atoms with E-state index in [0.717, 1.165) is 21.3 Å². The van der Waals surface area contributed by atoms with Gasteiger partial charge >= 0.3 is 23.3 Å². The van der Waals surface area contributed by atoms with Gasteiger partial charge in [-0.25, -0.2) is 28.1 Å². The number of carbonyl (C=O) groups is 2. The van der Waals surface area contributed by atoms with Crippen molar-refractivity contribution in [3.8, 4) is 5.69 Å². The SMILES string of the molecule is CCOC(=O)C(C)(C)OC(=O)c1cc(-n2c(=O)n(C)c(=S)n(C)c2=O)c(F)cc1Cl. The van der Waals surface area contributed by atoms with E-state index in [0.29, 0.717) is 4.57 Å². The van der Waals surface area contributed by atoms with Crippen LogP contribution in [0.3, 0.4) is 0 Å². The van der Waals surface area contributed by atoms with E-state index in [4.69, 9.17) is 33.3 Å². The first-order valence-electron chi connectivity index (χ1n) is 8.62. The van der Waals surface area contributed by atoms with Crippen molar-refractivity contribution in [2.24, 2.45) is 14.1 Å². The van der Waals surface area contributed by atoms with Crippen molar-refractivity contribution in [3.63, 3.8) is 0 Å². The van der Waals surface area contributed by atoms with Crippen molar-refractivity contribution in [2.45, 2.75) is 26.4 Å². The van der Waals surface area contributed by atoms with Gasteiger partial charge in [0.05, 0.1) is 22.9 Å². The molecular formula is C18H19ClFN3O6S. The highest BCUT2D eigenvalue weighted by Gasteiger charge is 2.35. The number of rotatable bonds is 5. The fourth-order valence-electron chi connectivity index (χ4n) is 2.48. The Morgan fingerprint density at radius 2 is 1.70 bits per heavy atom. The number of esters is 2. The molecule has 1 aromatic carbocycles. The number of benzene rings is 1. The first-order chi connectivity index (χ1) is 13.8. The van der Waals surface area contributed by atoms with Crippen LogP contribution in [0.25, 0.3) is 5.69 Å². The highest BCUT2D eigenvalue weighted by molar-refractivity contribution is 7.71. The quantitative estimate of drug-likeness (QED) is 0.497. The van der Waals surface area contributed by atoms with Crippen LogP contribution in [0.1, 0.15) is 31.1 Å². The van der Waals surface area contributed by atoms with Gasteiger partial charge in [0.2, 0.25) is 5.60 Å². The summed E-state index contributed by atoms with van der Waals surface area (Å²) < 4.78 is 27.0. The Morgan fingerprint density at radius 1 is 1.17 bits per heavy atom. The molecule has 2 rings (SSSR count). The van der Waals surface area contributed by atoms with Crippen LogP contribution in [0.5, 0.6) is 0 Å². The van der Waals surface area contributed by atoms with Gasteiger partial charge in [-0.2, -0.15) is 0 Å². The summed E-state index contributed by atoms with van der Waals surface area (Å²) in [5, 5.41) is -0.338. The minimum atomic E-state index is -1.66. The molecule has 0 saturated heterocycles. The Bertz CT molecular complexity index is 1170. The molecule has 0 spiro atoms. The maximum Gasteiger partial charge on any atom is 0.350 e. The molecule has 1 heterocycles. The summed E-state index contributed by atoms with van der Waals surface area (Å²) in [5.74, 6) is -2.90. The van der Waals surface area contributed by atoms with Crippen molar-refractivity contribution in [3.05, 3.63) is 54.3 Å². The number of carbonyl (C=O) groups excluding carboxylic acids is 2. The maximum atomic E-state index is 14.6. The Morgan fingerprint density at radius 3 is 2.20 bits per heavy atom. The van der Waals surface area contributed by atoms with Crippen molar-refractivity contribution in [1.82, 2.24) is 13.7 Å². The van der Waals surface area contributed by atoms with Gasteiger partial charge in [-0.3, -0.25) is 9.13 Å². The van der Waals surface area contributed by atoms with Crippen molar-refractivity contribution in [2.75, 3.05) is 6.61 Å². The highest BCUT2D eigenvalue weighted by Crippen LogP contribution is 2.25. The molecule has 0 aliphatic carbocycles. The molecule has 30 heavy (non-hydrogen) atoms. The first-order valence-corrected chi connectivity index (χ1v) is 9.41. The van der Waals surface area contributed by atoms with E-state index in [1.807, 2.05) is 0 Å². The Hall–Kier alpha value is -2.79. The summed E-state index contributed by atoms with van der Waals surface area (Å²) in [6.07, 6.45) is 0. The molecule has 0 aliphatic rings. The fourth-order valence-corrected chi connectivity index (χ4v) is 2.86. The summed E-state index contributed by atoms with van der Waals surface area (Å²) in [7, 11) is 2.62. The Labute approximate surface area is 180 Å². The van der Waals surface area contributed by atoms with Crippen LogP contribution in [0.15, 0.2) is 21.7 Å². The van der Waals surface area contributed by atoms with Gasteiger partial charge in [0.15, 0.2) is 4.77 Å². The van der Waals surface area contributed by atoms with Gasteiger partial charge in [0, 0.05) is 14.1 Å². The number of hydrogen-bond donors (Lipinski definition) is 0. The molecule has 0 atom stereocenters. The van der Waals surface area contributed by atoms with Crippen LogP contribution >= 0.6 is 23.8 Å². The topological polar surface area (TPSA) is 102 Å². The second kappa shape index (κ2) is 8.52. The summed E-state index contributed by atoms with van der Waals surface area (Å²) in [6, 6.07) is 1.66. The molecule has 0 aliphatic heterocycles. The number of hydrogen-bond acceptors (Lipinski definition) is 7. The van der Waals surface area contributed by atoms with Gasteiger partial charge in [-0.1, -0.05) is 11.6 Å². The summed E-state index contributed by atoms with van der Waals surface area (Å²) in [6.45, 7) is 4.28. The summed E-state index contributed by atoms with van der Waals surface area (Å²) in [4.78, 5) is 49.7. The lowest BCUT2D eigenvalue weighted by Gasteiger charge is -2.23. The zero-order chi connectivity index (χ0) is 23.0. The highest BCUT2D eigenvalue weighted by atomic mass is 35.5. The van der Waals surface area contributed by atoms with Gasteiger partial charge < -0.3 is 9.47 Å². The van der Waals surface area contributed by atoms with Crippen LogP contribution in [0, 0.1) is 10.6 Å². The fraction of sp³-hybridized carbons (Fsp3) is 0.389. The molecule has 0 bridgehead atoms. The van der Waals surface area contributed by atoms with Gasteiger partial charge in [-0.05, 0) is 45.1 Å². The van der Waals surface area contributed by atoms with Crippen LogP contribution in [-0.4, -0.2) is 37.8 Å². The number of aromatic nitrogens is 3. The monoisotopic (exact) mass is 459 g/mol. The van der Waals surface area contributed by atoms with Crippen LogP contribution in [0.2, 0.25) is 5.02 Å². The first kappa shape index (κ1) is 23.5. The molecule has 162 valence electrons. The minimum absolute atomic E-state index is 0.0728. The third-order valence-electron chi connectivity index (χ3n) is 4.14. The smallest absolute Gasteiger partial charge is 0.350 e. The van der Waals surface area contributed by atoms with Crippen LogP contribution in [-0.2, 0) is 28.4 Å². The Kier molecular flexibility index (Phi) is 6.67. The van der Waals surface area contributed by atoms with Crippen molar-refractivity contribution < 1.29 is 23.5 Å². The molecule has 0 N–H and O–H groups in total. The second-order valence-electron chi connectivity index (χ2n) is 6.70. The third kappa shape index (κ3) is 4.21. The van der Waals surface area contributed by atoms with E-state index in [-0.39, 0.29) is 22.0 Å². The largest absolute Gasteiger partial charge is 0.463 e. The van der Waals surface area contributed by atoms with E-state index < -0.39 is 40.4 Å². The molecule has 0 amide bonds. The van der Waals surface area contributed by atoms with E-state index in [1.54, 1.807) is 6.92 Å². The second-order valence-corrected chi connectivity index (χ2v) is 7.48. The molecule has 9 nitrogen and oxygen atoms in total. The predicted octanol–water partition coefficient (Wildman–Crippen LogP) is 1.90. The van der Waals surface area contributed by atoms with Gasteiger partial charge in [0.1, 0.15) is 5.82 Å². The lowest BCUT2D eigenvalue weighted by Crippen LogP contribution is -2.44. The summed E-state index contributed by atoms with van der Waals surface area (Å²) in [5.41, 5.74) is -4.39. The predicted molar refractivity (Wildman–Crippen MR) is 108 cm³/mol. The normalized spacial score (nSPS) is 11.3. The van der Waals surface area contributed by atoms with Crippen molar-refractivity contribution in [1.29, 1.82) is 0 Å². The molecule has 0 saturated carbocycles. The zero-order valence-corrected chi connectivity index (χ0v) is 18.4. The lowest BCUT2D eigenvalue weighted by atomic mass is 10.1. The molecule has 1 aromatic heterocycles. The minimum Gasteiger partial charge on any atom is -0.463 e. The third-order valence-corrected chi connectivity index (χ3v) is 5.00. The number of nitrogens with zero attached hydrogens (tertiary/aromatic N) is 3. The number of halogens is 2. The van der Waals surface area contributed by atoms with Crippen molar-refractivity contribution >= 4 is 35.8 Å². The zero-order valence-electron chi connectivity index (χ0n) is 16.8. The van der Waals surface area contributed by atoms with Crippen LogP contribution in [0.4, 0.5) is 4.39 Å². The average Bonchev–Trinajstić information content (AvgIpc) is 2.66. The van der Waals surface area contributed by atoms with Gasteiger partial charge in [-0.15, -0.1) is 0 Å². The number of ether oxygens (including phenoxy) is 2. The Balaban J connectivity index is 2.65. The molecule has 0 radical (unpaired) electrons. The molecular weight excluding hydrogens is 441 g/mol. The molecule has 0 unspecified atom stereocenters.